The lowest BCUT2D eigenvalue weighted by molar-refractivity contribution is 0.262. The molecule has 1 aliphatic rings. The second-order valence-corrected chi connectivity index (χ2v) is 8.18. The third-order valence-corrected chi connectivity index (χ3v) is 5.82. The van der Waals surface area contributed by atoms with Gasteiger partial charge in [0, 0.05) is 36.1 Å². The number of carbonyl (C=O) groups is 1. The van der Waals surface area contributed by atoms with E-state index in [0.29, 0.717) is 22.9 Å². The van der Waals surface area contributed by atoms with Gasteiger partial charge in [-0.05, 0) is 55.2 Å². The number of ether oxygens (including phenoxy) is 2. The number of anilines is 3. The molecule has 8 nitrogen and oxygen atoms in total. The molecular weight excluding hydrogens is 418 g/mol. The topological polar surface area (TPSA) is 88.6 Å². The van der Waals surface area contributed by atoms with Gasteiger partial charge in [0.2, 0.25) is 0 Å². The fourth-order valence-corrected chi connectivity index (χ4v) is 3.85. The molecule has 3 aromatic rings. The summed E-state index contributed by atoms with van der Waals surface area (Å²) in [5.41, 5.74) is 2.88. The average Bonchev–Trinajstić information content (AvgIpc) is 2.84. The minimum absolute atomic E-state index is 0.361. The summed E-state index contributed by atoms with van der Waals surface area (Å²) in [6.45, 7) is 4.33. The predicted octanol–water partition coefficient (Wildman–Crippen LogP) is 5.04. The number of amides is 2. The summed E-state index contributed by atoms with van der Waals surface area (Å²) in [6.07, 6.45) is 2.37. The van der Waals surface area contributed by atoms with Crippen molar-refractivity contribution in [3.63, 3.8) is 0 Å². The number of urea groups is 1. The predicted molar refractivity (Wildman–Crippen MR) is 130 cm³/mol. The van der Waals surface area contributed by atoms with E-state index in [0.717, 1.165) is 36.1 Å². The van der Waals surface area contributed by atoms with E-state index in [1.807, 2.05) is 36.4 Å². The van der Waals surface area contributed by atoms with E-state index in [1.165, 1.54) is 12.8 Å². The first kappa shape index (κ1) is 22.4. The molecule has 1 aromatic heterocycles. The van der Waals surface area contributed by atoms with Gasteiger partial charge < -0.3 is 25.0 Å². The van der Waals surface area contributed by atoms with E-state index in [9.17, 15) is 4.79 Å². The maximum absolute atomic E-state index is 12.5. The third kappa shape index (κ3) is 5.52. The number of methoxy groups -OCH3 is 2. The van der Waals surface area contributed by atoms with Crippen LogP contribution in [0.25, 0.3) is 11.3 Å². The van der Waals surface area contributed by atoms with Crippen molar-refractivity contribution in [2.75, 3.05) is 42.8 Å². The van der Waals surface area contributed by atoms with Gasteiger partial charge in [-0.3, -0.25) is 0 Å². The summed E-state index contributed by atoms with van der Waals surface area (Å²) in [4.78, 5) is 14.8. The molecule has 1 saturated heterocycles. The Morgan fingerprint density at radius 2 is 1.64 bits per heavy atom. The maximum atomic E-state index is 12.5. The van der Waals surface area contributed by atoms with Crippen molar-refractivity contribution in [3.05, 3.63) is 54.6 Å². The zero-order chi connectivity index (χ0) is 23.2. The highest BCUT2D eigenvalue weighted by Crippen LogP contribution is 2.30. The summed E-state index contributed by atoms with van der Waals surface area (Å²) in [7, 11) is 3.12. The first-order chi connectivity index (χ1) is 16.1. The summed E-state index contributed by atoms with van der Waals surface area (Å²) >= 11 is 0. The van der Waals surface area contributed by atoms with Gasteiger partial charge >= 0.3 is 6.03 Å². The van der Waals surface area contributed by atoms with Crippen LogP contribution in [-0.4, -0.2) is 43.5 Å². The second-order valence-electron chi connectivity index (χ2n) is 8.18. The standard InChI is InChI=1S/C25H29N5O3/c1-17-11-13-30(14-12-17)24-10-8-21(28-29-24)18-5-4-6-19(15-18)26-25(31)27-20-7-9-22(32-2)23(16-20)33-3/h4-10,15-17H,11-14H2,1-3H3,(H2,26,27,31). The molecule has 0 saturated carbocycles. The lowest BCUT2D eigenvalue weighted by Crippen LogP contribution is -2.33. The Morgan fingerprint density at radius 3 is 2.30 bits per heavy atom. The van der Waals surface area contributed by atoms with Crippen LogP contribution in [0.2, 0.25) is 0 Å². The molecule has 4 rings (SSSR count). The Morgan fingerprint density at radius 1 is 0.909 bits per heavy atom. The Balaban J connectivity index is 1.41. The summed E-state index contributed by atoms with van der Waals surface area (Å²) < 4.78 is 10.5. The summed E-state index contributed by atoms with van der Waals surface area (Å²) in [6, 6.07) is 16.3. The van der Waals surface area contributed by atoms with E-state index in [1.54, 1.807) is 32.4 Å². The molecule has 2 heterocycles. The number of nitrogens with zero attached hydrogens (tertiary/aromatic N) is 3. The molecule has 2 N–H and O–H groups in total. The number of hydrogen-bond acceptors (Lipinski definition) is 6. The monoisotopic (exact) mass is 447 g/mol. The molecule has 172 valence electrons. The van der Waals surface area contributed by atoms with Crippen molar-refractivity contribution in [2.45, 2.75) is 19.8 Å². The van der Waals surface area contributed by atoms with Crippen molar-refractivity contribution < 1.29 is 14.3 Å². The Labute approximate surface area is 193 Å². The number of aromatic nitrogens is 2. The average molecular weight is 448 g/mol. The lowest BCUT2D eigenvalue weighted by atomic mass is 9.99. The van der Waals surface area contributed by atoms with Crippen LogP contribution < -0.4 is 25.0 Å². The number of nitrogens with one attached hydrogen (secondary N) is 2. The number of carbonyl (C=O) groups excluding carboxylic acids is 1. The first-order valence-electron chi connectivity index (χ1n) is 11.0. The normalized spacial score (nSPS) is 14.0. The third-order valence-electron chi connectivity index (χ3n) is 5.82. The molecule has 0 aliphatic carbocycles. The zero-order valence-corrected chi connectivity index (χ0v) is 19.2. The fourth-order valence-electron chi connectivity index (χ4n) is 3.85. The van der Waals surface area contributed by atoms with Crippen LogP contribution >= 0.6 is 0 Å². The van der Waals surface area contributed by atoms with E-state index >= 15 is 0 Å². The summed E-state index contributed by atoms with van der Waals surface area (Å²) in [5, 5.41) is 14.5. The van der Waals surface area contributed by atoms with Crippen LogP contribution in [0.5, 0.6) is 11.5 Å². The highest BCUT2D eigenvalue weighted by atomic mass is 16.5. The van der Waals surface area contributed by atoms with Gasteiger partial charge in [0.1, 0.15) is 0 Å². The molecule has 8 heteroatoms. The Hall–Kier alpha value is -3.81. The molecule has 0 bridgehead atoms. The fraction of sp³-hybridized carbons (Fsp3) is 0.320. The van der Waals surface area contributed by atoms with Gasteiger partial charge in [-0.1, -0.05) is 19.1 Å². The lowest BCUT2D eigenvalue weighted by Gasteiger charge is -2.30. The van der Waals surface area contributed by atoms with Gasteiger partial charge in [0.25, 0.3) is 0 Å². The zero-order valence-electron chi connectivity index (χ0n) is 19.2. The molecule has 0 unspecified atom stereocenters. The summed E-state index contributed by atoms with van der Waals surface area (Å²) in [5.74, 6) is 2.82. The molecule has 1 aliphatic heterocycles. The van der Waals surface area contributed by atoms with Crippen molar-refractivity contribution in [3.8, 4) is 22.8 Å². The molecule has 1 fully saturated rings. The Bertz CT molecular complexity index is 1100. The van der Waals surface area contributed by atoms with Crippen molar-refractivity contribution >= 4 is 23.2 Å². The molecule has 0 spiro atoms. The van der Waals surface area contributed by atoms with Gasteiger partial charge in [-0.2, -0.15) is 0 Å². The van der Waals surface area contributed by atoms with Gasteiger partial charge in [-0.15, -0.1) is 10.2 Å². The van der Waals surface area contributed by atoms with E-state index in [2.05, 4.69) is 32.7 Å². The van der Waals surface area contributed by atoms with E-state index in [4.69, 9.17) is 9.47 Å². The molecular formula is C25H29N5O3. The van der Waals surface area contributed by atoms with Crippen LogP contribution in [0.4, 0.5) is 22.0 Å². The molecule has 0 radical (unpaired) electrons. The van der Waals surface area contributed by atoms with Crippen molar-refractivity contribution in [1.29, 1.82) is 0 Å². The minimum Gasteiger partial charge on any atom is -0.493 e. The largest absolute Gasteiger partial charge is 0.493 e. The number of piperidine rings is 1. The first-order valence-corrected chi connectivity index (χ1v) is 11.0. The molecule has 33 heavy (non-hydrogen) atoms. The number of rotatable bonds is 6. The van der Waals surface area contributed by atoms with E-state index < -0.39 is 0 Å². The minimum atomic E-state index is -0.361. The number of hydrogen-bond donors (Lipinski definition) is 2. The highest BCUT2D eigenvalue weighted by Gasteiger charge is 2.17. The maximum Gasteiger partial charge on any atom is 0.323 e. The van der Waals surface area contributed by atoms with Crippen molar-refractivity contribution in [2.24, 2.45) is 5.92 Å². The van der Waals surface area contributed by atoms with Crippen molar-refractivity contribution in [1.82, 2.24) is 10.2 Å². The number of benzene rings is 2. The molecule has 2 aromatic carbocycles. The molecule has 2 amide bonds. The quantitative estimate of drug-likeness (QED) is 0.550. The second kappa shape index (κ2) is 10.2. The van der Waals surface area contributed by atoms with Gasteiger partial charge in [0.15, 0.2) is 17.3 Å². The van der Waals surface area contributed by atoms with Crippen LogP contribution in [0, 0.1) is 5.92 Å². The van der Waals surface area contributed by atoms with E-state index in [-0.39, 0.29) is 6.03 Å². The van der Waals surface area contributed by atoms with Crippen LogP contribution in [0.3, 0.4) is 0 Å². The van der Waals surface area contributed by atoms with Crippen LogP contribution in [-0.2, 0) is 0 Å². The smallest absolute Gasteiger partial charge is 0.323 e. The van der Waals surface area contributed by atoms with Crippen LogP contribution in [0.1, 0.15) is 19.8 Å². The van der Waals surface area contributed by atoms with Gasteiger partial charge in [0.05, 0.1) is 19.9 Å². The molecule has 0 atom stereocenters. The Kier molecular flexibility index (Phi) is 6.92. The SMILES string of the molecule is COc1ccc(NC(=O)Nc2cccc(-c3ccc(N4CCC(C)CC4)nn3)c2)cc1OC. The van der Waals surface area contributed by atoms with Crippen LogP contribution in [0.15, 0.2) is 54.6 Å². The highest BCUT2D eigenvalue weighted by molar-refractivity contribution is 6.00. The van der Waals surface area contributed by atoms with Gasteiger partial charge in [-0.25, -0.2) is 4.79 Å².